The molecule has 0 unspecified atom stereocenters. The largest absolute Gasteiger partial charge is 0.469 e. The normalized spacial score (nSPS) is 53.8. The molecule has 20 rings (SSSR count). The highest BCUT2D eigenvalue weighted by Crippen LogP contribution is 2.91. The second-order valence-electron chi connectivity index (χ2n) is 34.8. The molecule has 13 nitrogen and oxygen atoms in total. The number of nitrogens with zero attached hydrogens (tertiary/aromatic N) is 1. The minimum atomic E-state index is -1.56. The number of aryl methyl sites for hydroxylation is 1. The summed E-state index contributed by atoms with van der Waals surface area (Å²) >= 11 is 0. The summed E-state index contributed by atoms with van der Waals surface area (Å²) in [5.74, 6) is 7.74. The summed E-state index contributed by atoms with van der Waals surface area (Å²) < 4.78 is 38.4. The van der Waals surface area contributed by atoms with E-state index in [0.717, 1.165) is 107 Å². The fraction of sp³-hybridized carbons (Fsp3) is 0.756. The molecular formula is C78H96N2O11. The van der Waals surface area contributed by atoms with Crippen LogP contribution in [0.15, 0.2) is 64.9 Å². The van der Waals surface area contributed by atoms with Gasteiger partial charge in [-0.05, 0) is 221 Å². The molecule has 13 heteroatoms. The molecule has 1 aromatic carbocycles. The third-order valence-corrected chi connectivity index (χ3v) is 32.4. The Balaban J connectivity index is 0.811. The molecule has 4 N–H and O–H groups in total. The zero-order valence-corrected chi connectivity index (χ0v) is 53.8. The number of nitrogens with one attached hydrogen (secondary N) is 1. The van der Waals surface area contributed by atoms with Gasteiger partial charge in [-0.15, -0.1) is 0 Å². The lowest BCUT2D eigenvalue weighted by Gasteiger charge is -2.74. The van der Waals surface area contributed by atoms with E-state index in [-0.39, 0.29) is 78.2 Å². The van der Waals surface area contributed by atoms with Gasteiger partial charge in [0.05, 0.1) is 54.4 Å². The van der Waals surface area contributed by atoms with Crippen LogP contribution < -0.4 is 5.32 Å². The molecule has 0 radical (unpaired) electrons. The van der Waals surface area contributed by atoms with E-state index >= 15 is 19.5 Å². The third kappa shape index (κ3) is 6.55. The first-order valence-electron chi connectivity index (χ1n) is 36.9. The van der Waals surface area contributed by atoms with Crippen molar-refractivity contribution in [2.45, 2.75) is 209 Å². The van der Waals surface area contributed by atoms with Crippen molar-refractivity contribution in [1.29, 1.82) is 0 Å². The van der Waals surface area contributed by atoms with Crippen LogP contribution in [0.25, 0.3) is 0 Å². The molecule has 9 bridgehead atoms. The molecule has 1 aromatic heterocycles. The maximum atomic E-state index is 17.9. The summed E-state index contributed by atoms with van der Waals surface area (Å²) in [4.78, 5) is 52.8. The maximum Gasteiger partial charge on any atom is 0.339 e. The van der Waals surface area contributed by atoms with Crippen LogP contribution in [0, 0.1) is 140 Å². The van der Waals surface area contributed by atoms with E-state index in [1.807, 2.05) is 6.26 Å². The molecule has 0 amide bonds. The minimum absolute atomic E-state index is 0.0326. The van der Waals surface area contributed by atoms with Crippen molar-refractivity contribution in [2.24, 2.45) is 128 Å². The summed E-state index contributed by atoms with van der Waals surface area (Å²) in [6.07, 6.45) is 25.6. The lowest BCUT2D eigenvalue weighted by Crippen LogP contribution is -2.84. The smallest absolute Gasteiger partial charge is 0.339 e. The van der Waals surface area contributed by atoms with Crippen molar-refractivity contribution in [3.05, 3.63) is 83.0 Å². The molecule has 11 aliphatic carbocycles. The second kappa shape index (κ2) is 19.0. The molecule has 484 valence electrons. The Morgan fingerprint density at radius 3 is 2.59 bits per heavy atom. The monoisotopic (exact) mass is 1240 g/mol. The number of hydrogen-bond donors (Lipinski definition) is 4. The summed E-state index contributed by atoms with van der Waals surface area (Å²) in [6, 6.07) is 11.3. The number of furan rings is 1. The fourth-order valence-electron chi connectivity index (χ4n) is 29.8. The first kappa shape index (κ1) is 57.0. The van der Waals surface area contributed by atoms with Gasteiger partial charge >= 0.3 is 11.9 Å². The lowest BCUT2D eigenvalue weighted by molar-refractivity contribution is -0.320. The van der Waals surface area contributed by atoms with Gasteiger partial charge < -0.3 is 43.6 Å². The van der Waals surface area contributed by atoms with Gasteiger partial charge in [-0.3, -0.25) is 14.9 Å². The molecule has 91 heavy (non-hydrogen) atoms. The average molecular weight is 1240 g/mol. The highest BCUT2D eigenvalue weighted by Gasteiger charge is 3.00. The average Bonchev–Trinajstić information content (AvgIpc) is 1.43. The first-order valence-corrected chi connectivity index (χ1v) is 36.9. The number of esters is 2. The number of aliphatic hydroxyl groups is 3. The van der Waals surface area contributed by atoms with Crippen LogP contribution in [-0.4, -0.2) is 106 Å². The van der Waals surface area contributed by atoms with Gasteiger partial charge in [-0.1, -0.05) is 93.9 Å². The number of ether oxygens (including phenoxy) is 4. The highest BCUT2D eigenvalue weighted by molar-refractivity contribution is 5.94. The standard InChI is InChI=1S/C78H96N2O11/c1-41-53-14-8-7-12-44(53)19-23-54(41)58-32-52-31-51-13-9-26-73(51)35-49-34-71(2)76-50(22-18-48-38-87-61(62(48)76)33-56(60(82)37-81)46-20-24-55-47(30-46)25-27-80-40-79-36-59(55)80)21-17-45-16-15-43(28-42-10-5-4-6-11-42)29-57(45)75(78(71)68(89-78)70(86)90-76)64(49)74-39-88-69(85)66(73)77(52,74)91-72(58,3)65(74)63(83)67(75)84/h4-6,10-11,25,27,32,38,41,43-47,49-51,53-60,64-68,79,81-82,84H,7-9,12-16,18-20,22-24,26,28-31,33-37,39-40H2,1-3H3/t41-,43+,44-,45+,46+,47-,49+,50-,51-,53+,54+,55+,56+,57-,58-,59+,60-,64-,65-,66+,67-,68-,71+,72+,73+,74-,75+,76+,77+,78-/m1/s1. The number of Topliss-reactive ketones (excluding diaryl/α,β-unsaturated/α-hetero) is 1. The number of ketones is 1. The van der Waals surface area contributed by atoms with Gasteiger partial charge in [0.2, 0.25) is 0 Å². The predicted octanol–water partition coefficient (Wildman–Crippen LogP) is 10.2. The highest BCUT2D eigenvalue weighted by atomic mass is 16.7. The van der Waals surface area contributed by atoms with Gasteiger partial charge in [0, 0.05) is 47.2 Å². The van der Waals surface area contributed by atoms with E-state index in [9.17, 15) is 10.2 Å². The number of carbonyl (C=O) groups excluding carboxylic acids is 3. The number of aliphatic hydroxyl groups excluding tert-OH is 3. The molecule has 7 aliphatic heterocycles. The third-order valence-electron chi connectivity index (χ3n) is 32.4. The molecule has 14 fully saturated rings. The maximum absolute atomic E-state index is 17.9. The zero-order valence-electron chi connectivity index (χ0n) is 53.8. The molecular weight excluding hydrogens is 1140 g/mol. The lowest BCUT2D eigenvalue weighted by atomic mass is 9.28. The number of cyclic esters (lactones) is 1. The molecule has 2 aromatic rings. The van der Waals surface area contributed by atoms with Crippen molar-refractivity contribution < 1.29 is 53.1 Å². The van der Waals surface area contributed by atoms with Crippen molar-refractivity contribution in [3.8, 4) is 11.8 Å². The van der Waals surface area contributed by atoms with Crippen molar-refractivity contribution >= 4 is 17.7 Å². The molecule has 5 saturated heterocycles. The fourth-order valence-corrected chi connectivity index (χ4v) is 29.8. The van der Waals surface area contributed by atoms with Crippen molar-refractivity contribution in [1.82, 2.24) is 10.2 Å². The Hall–Kier alpha value is -4.29. The number of allylic oxidation sites excluding steroid dienone is 1. The molecule has 8 heterocycles. The van der Waals surface area contributed by atoms with Gasteiger partial charge in [-0.25, -0.2) is 4.79 Å². The van der Waals surface area contributed by atoms with Crippen LogP contribution in [-0.2, 0) is 58.2 Å². The summed E-state index contributed by atoms with van der Waals surface area (Å²) in [5.41, 5.74) is -4.92. The molecule has 9 saturated carbocycles. The zero-order chi connectivity index (χ0) is 61.3. The summed E-state index contributed by atoms with van der Waals surface area (Å²) in [7, 11) is 0. The minimum Gasteiger partial charge on any atom is -0.469 e. The van der Waals surface area contributed by atoms with E-state index in [4.69, 9.17) is 23.4 Å². The van der Waals surface area contributed by atoms with Crippen LogP contribution in [0.3, 0.4) is 0 Å². The number of hydrogen-bond acceptors (Lipinski definition) is 13. The van der Waals surface area contributed by atoms with E-state index in [0.29, 0.717) is 67.6 Å². The molecule has 18 aliphatic rings. The van der Waals surface area contributed by atoms with E-state index in [1.165, 1.54) is 43.2 Å². The molecule has 6 spiro atoms. The van der Waals surface area contributed by atoms with Gasteiger partial charge in [0.1, 0.15) is 29.7 Å². The van der Waals surface area contributed by atoms with Crippen LogP contribution in [0.1, 0.15) is 165 Å². The Kier molecular flexibility index (Phi) is 11.9. The van der Waals surface area contributed by atoms with Gasteiger partial charge in [0.25, 0.3) is 0 Å². The molecule has 30 atom stereocenters. The quantitative estimate of drug-likeness (QED) is 0.0850. The topological polar surface area (TPSA) is 181 Å². The predicted molar refractivity (Wildman–Crippen MR) is 334 cm³/mol. The van der Waals surface area contributed by atoms with E-state index < -0.39 is 92.0 Å². The van der Waals surface area contributed by atoms with Crippen molar-refractivity contribution in [2.75, 3.05) is 26.4 Å². The Morgan fingerprint density at radius 1 is 0.868 bits per heavy atom. The number of epoxide rings is 1. The van der Waals surface area contributed by atoms with Gasteiger partial charge in [-0.2, -0.15) is 0 Å². The van der Waals surface area contributed by atoms with Crippen LogP contribution in [0.5, 0.6) is 0 Å². The van der Waals surface area contributed by atoms with E-state index in [2.05, 4.69) is 91.5 Å². The van der Waals surface area contributed by atoms with Crippen LogP contribution >= 0.6 is 0 Å². The summed E-state index contributed by atoms with van der Waals surface area (Å²) in [5, 5.41) is 42.2. The van der Waals surface area contributed by atoms with Crippen LogP contribution in [0.2, 0.25) is 0 Å². The van der Waals surface area contributed by atoms with Crippen LogP contribution in [0.4, 0.5) is 0 Å². The van der Waals surface area contributed by atoms with Gasteiger partial charge in [0.15, 0.2) is 17.5 Å². The summed E-state index contributed by atoms with van der Waals surface area (Å²) in [6.45, 7) is 8.63. The number of carbonyl (C=O) groups is 3. The van der Waals surface area contributed by atoms with E-state index in [1.54, 1.807) is 0 Å². The number of benzene rings is 1. The number of rotatable bonds is 8. The Morgan fingerprint density at radius 2 is 1.73 bits per heavy atom. The second-order valence-corrected chi connectivity index (χ2v) is 34.8. The van der Waals surface area contributed by atoms with Crippen molar-refractivity contribution in [3.63, 3.8) is 0 Å². The Bertz CT molecular complexity index is 3570. The number of fused-ring (bicyclic) bond motifs is 8. The Labute approximate surface area is 536 Å². The first-order chi connectivity index (χ1) is 44.1. The SMILES string of the molecule is C[C@@H]1[C@@H]2CCCC[C@@H]2CC[C@@H]1[C@H]1C=C2C[C@H]3CCC[C@]34C[C@@H]3C[C@]5(C)[C@]67O[C@@H]6C(=O)O[C@@]56c5c(coc5C[C@@H]([C@H]5CC[C@H]8[C@H](C=CN9CNC[C@@H]89)C5)[C@H](O)CO)CC[C@H]6C#C[C@@H]5CC[C@@H](Cc6ccccc6)C[C@H]5[C@]75[C@H](O)C(=O)[C@@H]6[C@@]1(C)O[C@]21[C@H]4C(=O)OC[C@@]61[C@@H]35.